The normalized spacial score (nSPS) is 13.6. The van der Waals surface area contributed by atoms with Gasteiger partial charge in [-0.15, -0.1) is 0 Å². The molecule has 19 heteroatoms. The fourth-order valence-electron chi connectivity index (χ4n) is 7.41. The monoisotopic (exact) mass is 956 g/mol. The fraction of sp³-hybridized carbons (Fsp3) is 0.583. The summed E-state index contributed by atoms with van der Waals surface area (Å²) in [7, 11) is -3.72. The maximum absolute atomic E-state index is 13.4. The molecule has 2 aromatic carbocycles. The van der Waals surface area contributed by atoms with Crippen molar-refractivity contribution in [2.75, 3.05) is 12.0 Å². The van der Waals surface area contributed by atoms with E-state index >= 15 is 0 Å². The van der Waals surface area contributed by atoms with Crippen LogP contribution in [0.1, 0.15) is 128 Å². The summed E-state index contributed by atoms with van der Waals surface area (Å²) < 4.78 is 24.5. The van der Waals surface area contributed by atoms with Crippen molar-refractivity contribution in [1.82, 2.24) is 26.6 Å². The average molecular weight is 956 g/mol. The highest BCUT2D eigenvalue weighted by Gasteiger charge is 2.32. The lowest BCUT2D eigenvalue weighted by Crippen LogP contribution is -2.58. The SMILES string of the molecule is CC(C)C[C@H](NC(=O)[C@H](CS(C)(=O)=O)NC(=O)CCCCCCCCCCCCCCC(=O)N[C@@H](CC(N)=O)C(=O)N[C@@H](Cc1ccccc1)C(=O)O)C(=O)N[C@@H](Cc1ccccc1)C(N)=O. The van der Waals surface area contributed by atoms with Crippen LogP contribution < -0.4 is 38.1 Å². The third-order valence-corrected chi connectivity index (χ3v) is 11.9. The summed E-state index contributed by atoms with van der Waals surface area (Å²) in [6.45, 7) is 3.68. The molecule has 67 heavy (non-hydrogen) atoms. The molecule has 0 aromatic heterocycles. The number of unbranched alkanes of at least 4 members (excludes halogenated alkanes) is 11. The number of amides is 7. The standard InChI is InChI=1S/C48H73N7O11S/c1-33(2)28-37(45(60)53-36(44(50)59)29-34-22-16-14-17-23-34)54-47(62)40(32-67(3,65)66)52-43(58)27-21-13-11-9-7-5-4-6-8-10-12-20-26-42(57)51-38(31-41(49)56)46(61)55-39(48(63)64)30-35-24-18-15-19-25-35/h14-19,22-25,33,36-40H,4-13,20-21,26-32H2,1-3H3,(H2,49,56)(H2,50,59)(H,51,57)(H,52,58)(H,53,60)(H,54,62)(H,55,61)(H,63,64)/t36-,37-,38-,39-,40-/m0/s1. The summed E-state index contributed by atoms with van der Waals surface area (Å²) in [4.78, 5) is 101. The molecule has 0 aliphatic rings. The van der Waals surface area contributed by atoms with E-state index in [1.54, 1.807) is 54.6 Å². The number of carbonyl (C=O) groups is 8. The summed E-state index contributed by atoms with van der Waals surface area (Å²) in [5.74, 6) is -6.73. The van der Waals surface area contributed by atoms with Gasteiger partial charge in [-0.3, -0.25) is 33.6 Å². The summed E-state index contributed by atoms with van der Waals surface area (Å²) in [5.41, 5.74) is 12.3. The molecule has 2 aromatic rings. The van der Waals surface area contributed by atoms with E-state index in [2.05, 4.69) is 26.6 Å². The van der Waals surface area contributed by atoms with E-state index in [9.17, 15) is 51.9 Å². The molecule has 2 rings (SSSR count). The minimum absolute atomic E-state index is 0.0266. The Kier molecular flexibility index (Phi) is 26.7. The highest BCUT2D eigenvalue weighted by Crippen LogP contribution is 2.14. The molecular formula is C48H73N7O11S. The molecule has 0 fully saturated rings. The first-order valence-corrected chi connectivity index (χ1v) is 25.4. The van der Waals surface area contributed by atoms with E-state index in [4.69, 9.17) is 11.5 Å². The number of carboxylic acids is 1. The Morgan fingerprint density at radius 3 is 1.30 bits per heavy atom. The van der Waals surface area contributed by atoms with Crippen LogP contribution in [0.4, 0.5) is 0 Å². The molecule has 0 aliphatic carbocycles. The molecule has 7 amide bonds. The number of carboxylic acid groups (broad SMARTS) is 1. The molecule has 372 valence electrons. The second-order valence-corrected chi connectivity index (χ2v) is 19.9. The van der Waals surface area contributed by atoms with Crippen LogP contribution in [0.2, 0.25) is 0 Å². The lowest BCUT2D eigenvalue weighted by molar-refractivity contribution is -0.142. The summed E-state index contributed by atoms with van der Waals surface area (Å²) >= 11 is 0. The van der Waals surface area contributed by atoms with Gasteiger partial charge in [0.2, 0.25) is 41.4 Å². The maximum atomic E-state index is 13.4. The van der Waals surface area contributed by atoms with Gasteiger partial charge in [-0.05, 0) is 36.3 Å². The molecule has 0 bridgehead atoms. The number of sulfone groups is 1. The average Bonchev–Trinajstić information content (AvgIpc) is 3.25. The van der Waals surface area contributed by atoms with E-state index in [-0.39, 0.29) is 38.0 Å². The van der Waals surface area contributed by atoms with Crippen molar-refractivity contribution in [1.29, 1.82) is 0 Å². The van der Waals surface area contributed by atoms with E-state index < -0.39 is 99.5 Å². The lowest BCUT2D eigenvalue weighted by Gasteiger charge is -2.25. The number of carbonyl (C=O) groups excluding carboxylic acids is 7. The molecule has 0 heterocycles. The third kappa shape index (κ3) is 26.2. The predicted octanol–water partition coefficient (Wildman–Crippen LogP) is 2.89. The minimum atomic E-state index is -3.72. The van der Waals surface area contributed by atoms with Gasteiger partial charge in [0.25, 0.3) is 0 Å². The van der Waals surface area contributed by atoms with Crippen LogP contribution in [-0.2, 0) is 61.0 Å². The van der Waals surface area contributed by atoms with Crippen molar-refractivity contribution in [2.45, 2.75) is 160 Å². The van der Waals surface area contributed by atoms with Gasteiger partial charge in [0.1, 0.15) is 40.0 Å². The van der Waals surface area contributed by atoms with Crippen LogP contribution in [0, 0.1) is 5.92 Å². The van der Waals surface area contributed by atoms with E-state index in [0.29, 0.717) is 18.4 Å². The molecule has 0 saturated heterocycles. The second-order valence-electron chi connectivity index (χ2n) is 17.7. The number of nitrogens with one attached hydrogen (secondary N) is 5. The molecule has 18 nitrogen and oxygen atoms in total. The van der Waals surface area contributed by atoms with Crippen LogP contribution in [0.3, 0.4) is 0 Å². The van der Waals surface area contributed by atoms with Crippen molar-refractivity contribution < 1.29 is 51.9 Å². The molecule has 10 N–H and O–H groups in total. The van der Waals surface area contributed by atoms with Gasteiger partial charge >= 0.3 is 5.97 Å². The first kappa shape index (κ1) is 57.3. The Balaban J connectivity index is 1.67. The topological polar surface area (TPSA) is 303 Å². The highest BCUT2D eigenvalue weighted by molar-refractivity contribution is 7.90. The van der Waals surface area contributed by atoms with Gasteiger partial charge in [-0.1, -0.05) is 139 Å². The van der Waals surface area contributed by atoms with Crippen molar-refractivity contribution in [3.8, 4) is 0 Å². The van der Waals surface area contributed by atoms with Gasteiger partial charge in [0, 0.05) is 31.9 Å². The highest BCUT2D eigenvalue weighted by atomic mass is 32.2. The lowest BCUT2D eigenvalue weighted by atomic mass is 10.0. The number of hydrogen-bond acceptors (Lipinski definition) is 10. The number of primary amides is 2. The van der Waals surface area contributed by atoms with Gasteiger partial charge in [0.05, 0.1) is 12.2 Å². The first-order valence-electron chi connectivity index (χ1n) is 23.3. The largest absolute Gasteiger partial charge is 0.480 e. The Hall–Kier alpha value is -5.85. The maximum Gasteiger partial charge on any atom is 0.326 e. The van der Waals surface area contributed by atoms with Crippen LogP contribution in [0.5, 0.6) is 0 Å². The van der Waals surface area contributed by atoms with Crippen LogP contribution in [-0.4, -0.2) is 103 Å². The Morgan fingerprint density at radius 2 is 0.896 bits per heavy atom. The van der Waals surface area contributed by atoms with Crippen molar-refractivity contribution in [2.24, 2.45) is 17.4 Å². The van der Waals surface area contributed by atoms with Gasteiger partial charge in [0.15, 0.2) is 0 Å². The molecule has 0 unspecified atom stereocenters. The Labute approximate surface area is 395 Å². The van der Waals surface area contributed by atoms with Crippen molar-refractivity contribution in [3.63, 3.8) is 0 Å². The summed E-state index contributed by atoms with van der Waals surface area (Å²) in [6, 6.07) is 11.6. The van der Waals surface area contributed by atoms with Gasteiger partial charge < -0.3 is 43.2 Å². The van der Waals surface area contributed by atoms with Crippen LogP contribution >= 0.6 is 0 Å². The zero-order valence-corrected chi connectivity index (χ0v) is 40.1. The van der Waals surface area contributed by atoms with Gasteiger partial charge in [-0.25, -0.2) is 13.2 Å². The fourth-order valence-corrected chi connectivity index (χ4v) is 8.25. The first-order chi connectivity index (χ1) is 31.7. The number of benzene rings is 2. The molecule has 0 aliphatic heterocycles. The zero-order valence-electron chi connectivity index (χ0n) is 39.3. The van der Waals surface area contributed by atoms with E-state index in [0.717, 1.165) is 76.0 Å². The van der Waals surface area contributed by atoms with E-state index in [1.165, 1.54) is 0 Å². The molecule has 0 saturated carbocycles. The minimum Gasteiger partial charge on any atom is -0.480 e. The quantitative estimate of drug-likeness (QED) is 0.0465. The number of aliphatic carboxylic acids is 1. The van der Waals surface area contributed by atoms with E-state index in [1.807, 2.05) is 19.9 Å². The number of hydrogen-bond donors (Lipinski definition) is 8. The predicted molar refractivity (Wildman–Crippen MR) is 254 cm³/mol. The molecular weight excluding hydrogens is 883 g/mol. The Morgan fingerprint density at radius 1 is 0.522 bits per heavy atom. The van der Waals surface area contributed by atoms with Crippen molar-refractivity contribution >= 4 is 57.2 Å². The van der Waals surface area contributed by atoms with Crippen LogP contribution in [0.25, 0.3) is 0 Å². The zero-order chi connectivity index (χ0) is 49.8. The smallest absolute Gasteiger partial charge is 0.326 e. The molecule has 0 radical (unpaired) electrons. The van der Waals surface area contributed by atoms with Crippen molar-refractivity contribution in [3.05, 3.63) is 71.8 Å². The summed E-state index contributed by atoms with van der Waals surface area (Å²) in [6.07, 6.45) is 11.8. The third-order valence-electron chi connectivity index (χ3n) is 10.9. The van der Waals surface area contributed by atoms with Gasteiger partial charge in [-0.2, -0.15) is 0 Å². The van der Waals surface area contributed by atoms with Crippen LogP contribution in [0.15, 0.2) is 60.7 Å². The Bertz CT molecular complexity index is 2000. The molecule has 5 atom stereocenters. The second kappa shape index (κ2) is 31.2. The number of nitrogens with two attached hydrogens (primary N) is 2. The number of rotatable bonds is 35. The summed E-state index contributed by atoms with van der Waals surface area (Å²) in [5, 5.41) is 22.3. The molecule has 0 spiro atoms.